The Kier molecular flexibility index (Phi) is 6.41. The molecule has 7 nitrogen and oxygen atoms in total. The van der Waals surface area contributed by atoms with Crippen molar-refractivity contribution in [3.63, 3.8) is 0 Å². The molecule has 1 aromatic carbocycles. The number of carbonyl (C=O) groups excluding carboxylic acids is 1. The van der Waals surface area contributed by atoms with Crippen LogP contribution in [0.1, 0.15) is 52.9 Å². The Morgan fingerprint density at radius 3 is 2.33 bits per heavy atom. The van der Waals surface area contributed by atoms with Gasteiger partial charge in [-0.25, -0.2) is 4.68 Å². The molecule has 1 heterocycles. The van der Waals surface area contributed by atoms with Gasteiger partial charge in [-0.15, -0.1) is 10.2 Å². The Hall–Kier alpha value is -2.22. The highest BCUT2D eigenvalue weighted by atomic mass is 32.2. The van der Waals surface area contributed by atoms with Crippen LogP contribution in [0.15, 0.2) is 29.4 Å². The first-order chi connectivity index (χ1) is 12.5. The van der Waals surface area contributed by atoms with Crippen molar-refractivity contribution in [2.24, 2.45) is 0 Å². The van der Waals surface area contributed by atoms with E-state index < -0.39 is 0 Å². The summed E-state index contributed by atoms with van der Waals surface area (Å²) in [5, 5.41) is 11.5. The Labute approximate surface area is 165 Å². The summed E-state index contributed by atoms with van der Waals surface area (Å²) in [6.07, 6.45) is 0. The van der Waals surface area contributed by atoms with Crippen LogP contribution in [0, 0.1) is 0 Å². The molecule has 1 amide bonds. The zero-order valence-corrected chi connectivity index (χ0v) is 17.7. The summed E-state index contributed by atoms with van der Waals surface area (Å²) in [5.74, 6) is 7.40. The van der Waals surface area contributed by atoms with Gasteiger partial charge < -0.3 is 15.9 Å². The molecule has 0 aliphatic heterocycles. The van der Waals surface area contributed by atoms with Crippen LogP contribution in [0.3, 0.4) is 0 Å². The molecule has 0 atom stereocenters. The van der Waals surface area contributed by atoms with Crippen LogP contribution < -0.4 is 15.9 Å². The van der Waals surface area contributed by atoms with E-state index in [1.165, 1.54) is 22.0 Å². The first kappa shape index (κ1) is 21.1. The molecule has 27 heavy (non-hydrogen) atoms. The van der Waals surface area contributed by atoms with Gasteiger partial charge in [-0.05, 0) is 43.9 Å². The molecular weight excluding hydrogens is 362 g/mol. The van der Waals surface area contributed by atoms with E-state index in [0.29, 0.717) is 11.0 Å². The molecule has 0 unspecified atom stereocenters. The van der Waals surface area contributed by atoms with E-state index in [2.05, 4.69) is 48.4 Å². The molecule has 3 N–H and O–H groups in total. The first-order valence-electron chi connectivity index (χ1n) is 8.82. The number of hydrogen-bond donors (Lipinski definition) is 2. The van der Waals surface area contributed by atoms with Gasteiger partial charge >= 0.3 is 0 Å². The number of hydrogen-bond acceptors (Lipinski definition) is 6. The standard InChI is InChI=1S/C19H29N5O2S/c1-18(2,3)13-7-9-14(10-8-13)26-11-15-22-23-17(24(15)20)27-12-16(25)21-19(4,5)6/h7-10H,11-12,20H2,1-6H3,(H,21,25). The van der Waals surface area contributed by atoms with Gasteiger partial charge in [-0.1, -0.05) is 44.7 Å². The number of nitrogens with one attached hydrogen (secondary N) is 1. The fraction of sp³-hybridized carbons (Fsp3) is 0.526. The highest BCUT2D eigenvalue weighted by Gasteiger charge is 2.17. The second kappa shape index (κ2) is 8.21. The van der Waals surface area contributed by atoms with E-state index >= 15 is 0 Å². The molecule has 8 heteroatoms. The minimum Gasteiger partial charge on any atom is -0.486 e. The molecule has 148 valence electrons. The number of ether oxygens (including phenoxy) is 1. The number of rotatable bonds is 6. The number of carbonyl (C=O) groups is 1. The fourth-order valence-corrected chi connectivity index (χ4v) is 2.96. The Bertz CT molecular complexity index is 773. The van der Waals surface area contributed by atoms with Crippen LogP contribution in [0.4, 0.5) is 0 Å². The molecule has 0 saturated heterocycles. The van der Waals surface area contributed by atoms with Crippen molar-refractivity contribution in [1.82, 2.24) is 20.2 Å². The zero-order valence-electron chi connectivity index (χ0n) is 16.9. The number of aromatic nitrogens is 3. The van der Waals surface area contributed by atoms with Crippen molar-refractivity contribution in [1.29, 1.82) is 0 Å². The molecule has 0 radical (unpaired) electrons. The number of nitrogens with two attached hydrogens (primary N) is 1. The lowest BCUT2D eigenvalue weighted by atomic mass is 9.87. The highest BCUT2D eigenvalue weighted by Crippen LogP contribution is 2.24. The van der Waals surface area contributed by atoms with Gasteiger partial charge in [0.25, 0.3) is 0 Å². The molecular formula is C19H29N5O2S. The van der Waals surface area contributed by atoms with E-state index in [0.717, 1.165) is 5.75 Å². The lowest BCUT2D eigenvalue weighted by Crippen LogP contribution is -2.41. The topological polar surface area (TPSA) is 95.1 Å². The average Bonchev–Trinajstić information content (AvgIpc) is 2.89. The maximum atomic E-state index is 11.9. The molecule has 0 bridgehead atoms. The number of amides is 1. The first-order valence-corrected chi connectivity index (χ1v) is 9.81. The lowest BCUT2D eigenvalue weighted by molar-refractivity contribution is -0.119. The second-order valence-corrected chi connectivity index (χ2v) is 9.36. The number of nitrogen functional groups attached to an aromatic ring is 1. The summed E-state index contributed by atoms with van der Waals surface area (Å²) in [7, 11) is 0. The Morgan fingerprint density at radius 1 is 1.15 bits per heavy atom. The minimum absolute atomic E-state index is 0.0766. The van der Waals surface area contributed by atoms with Crippen LogP contribution in [-0.4, -0.2) is 32.1 Å². The van der Waals surface area contributed by atoms with Crippen molar-refractivity contribution in [3.05, 3.63) is 35.7 Å². The lowest BCUT2D eigenvalue weighted by Gasteiger charge is -2.20. The van der Waals surface area contributed by atoms with Crippen molar-refractivity contribution in [2.45, 2.75) is 64.3 Å². The zero-order chi connectivity index (χ0) is 20.2. The molecule has 2 aromatic rings. The van der Waals surface area contributed by atoms with Gasteiger partial charge in [0, 0.05) is 5.54 Å². The van der Waals surface area contributed by atoms with Gasteiger partial charge in [-0.2, -0.15) is 0 Å². The highest BCUT2D eigenvalue weighted by molar-refractivity contribution is 7.99. The SMILES string of the molecule is CC(C)(C)NC(=O)CSc1nnc(COc2ccc(C(C)(C)C)cc2)n1N. The minimum atomic E-state index is -0.268. The fourth-order valence-electron chi connectivity index (χ4n) is 2.29. The van der Waals surface area contributed by atoms with Crippen molar-refractivity contribution >= 4 is 17.7 Å². The Morgan fingerprint density at radius 2 is 1.78 bits per heavy atom. The summed E-state index contributed by atoms with van der Waals surface area (Å²) in [6, 6.07) is 7.98. The summed E-state index contributed by atoms with van der Waals surface area (Å²) >= 11 is 1.24. The predicted octanol–water partition coefficient (Wildman–Crippen LogP) is 2.88. The summed E-state index contributed by atoms with van der Waals surface area (Å²) in [4.78, 5) is 11.9. The third kappa shape index (κ3) is 6.46. The molecule has 0 saturated carbocycles. The molecule has 2 rings (SSSR count). The molecule has 0 aliphatic carbocycles. The van der Waals surface area contributed by atoms with E-state index in [4.69, 9.17) is 10.6 Å². The molecule has 0 fully saturated rings. The maximum absolute atomic E-state index is 11.9. The molecule has 0 spiro atoms. The van der Waals surface area contributed by atoms with E-state index in [-0.39, 0.29) is 29.2 Å². The third-order valence-corrected chi connectivity index (χ3v) is 4.61. The van der Waals surface area contributed by atoms with E-state index in [1.54, 1.807) is 0 Å². The molecule has 0 aliphatic rings. The quantitative estimate of drug-likeness (QED) is 0.581. The van der Waals surface area contributed by atoms with Gasteiger partial charge in [0.05, 0.1) is 5.75 Å². The molecule has 1 aromatic heterocycles. The largest absolute Gasteiger partial charge is 0.486 e. The van der Waals surface area contributed by atoms with Gasteiger partial charge in [0.1, 0.15) is 12.4 Å². The van der Waals surface area contributed by atoms with Crippen molar-refractivity contribution in [3.8, 4) is 5.75 Å². The second-order valence-electron chi connectivity index (χ2n) is 8.42. The van der Waals surface area contributed by atoms with Crippen LogP contribution in [-0.2, 0) is 16.8 Å². The number of benzene rings is 1. The van der Waals surface area contributed by atoms with Gasteiger partial charge in [0.2, 0.25) is 11.1 Å². The van der Waals surface area contributed by atoms with Crippen LogP contribution in [0.25, 0.3) is 0 Å². The van der Waals surface area contributed by atoms with Crippen LogP contribution >= 0.6 is 11.8 Å². The Balaban J connectivity index is 1.91. The predicted molar refractivity (Wildman–Crippen MR) is 108 cm³/mol. The van der Waals surface area contributed by atoms with Crippen LogP contribution in [0.2, 0.25) is 0 Å². The summed E-state index contributed by atoms with van der Waals surface area (Å²) < 4.78 is 7.11. The van der Waals surface area contributed by atoms with E-state index in [1.807, 2.05) is 32.9 Å². The van der Waals surface area contributed by atoms with Crippen molar-refractivity contribution in [2.75, 3.05) is 11.6 Å². The van der Waals surface area contributed by atoms with Gasteiger partial charge in [0.15, 0.2) is 5.82 Å². The maximum Gasteiger partial charge on any atom is 0.230 e. The van der Waals surface area contributed by atoms with Crippen LogP contribution in [0.5, 0.6) is 5.75 Å². The number of nitrogens with zero attached hydrogens (tertiary/aromatic N) is 3. The normalized spacial score (nSPS) is 12.1. The monoisotopic (exact) mass is 391 g/mol. The van der Waals surface area contributed by atoms with Crippen molar-refractivity contribution < 1.29 is 9.53 Å². The average molecular weight is 392 g/mol. The smallest absolute Gasteiger partial charge is 0.230 e. The van der Waals surface area contributed by atoms with Gasteiger partial charge in [-0.3, -0.25) is 4.79 Å². The van der Waals surface area contributed by atoms with E-state index in [9.17, 15) is 4.79 Å². The number of thioether (sulfide) groups is 1. The summed E-state index contributed by atoms with van der Waals surface area (Å²) in [5.41, 5.74) is 1.07. The summed E-state index contributed by atoms with van der Waals surface area (Å²) in [6.45, 7) is 12.5. The third-order valence-electron chi connectivity index (χ3n) is 3.67.